The van der Waals surface area contributed by atoms with Crippen LogP contribution in [0.4, 0.5) is 4.39 Å². The molecule has 25 heavy (non-hydrogen) atoms. The number of aryl methyl sites for hydroxylation is 1. The fraction of sp³-hybridized carbons (Fsp3) is 0.368. The topological polar surface area (TPSA) is 60.5 Å². The summed E-state index contributed by atoms with van der Waals surface area (Å²) in [6.45, 7) is 1.60. The number of carbonyl (C=O) groups excluding carboxylic acids is 1. The van der Waals surface area contributed by atoms with E-state index in [1.165, 1.54) is 7.11 Å². The van der Waals surface area contributed by atoms with Gasteiger partial charge in [0.15, 0.2) is 0 Å². The van der Waals surface area contributed by atoms with Crippen LogP contribution in [0.1, 0.15) is 17.5 Å². The number of hydrogen-bond donors (Lipinski definition) is 1. The molecular weight excluding hydrogens is 323 g/mol. The Bertz CT molecular complexity index is 786. The van der Waals surface area contributed by atoms with E-state index >= 15 is 0 Å². The zero-order valence-electron chi connectivity index (χ0n) is 14.3. The molecule has 0 bridgehead atoms. The lowest BCUT2D eigenvalue weighted by molar-refractivity contribution is -0.131. The number of benzene rings is 1. The minimum Gasteiger partial charge on any atom is -0.493 e. The number of rotatable bonds is 8. The number of carbonyl (C=O) groups is 1. The highest BCUT2D eigenvalue weighted by Gasteiger charge is 2.17. The molecule has 132 valence electrons. The molecule has 1 amide bonds. The van der Waals surface area contributed by atoms with E-state index in [1.807, 2.05) is 25.1 Å². The summed E-state index contributed by atoms with van der Waals surface area (Å²) in [5, 5.41) is 3.35. The summed E-state index contributed by atoms with van der Waals surface area (Å²) in [6, 6.07) is 5.63. The zero-order chi connectivity index (χ0) is 18.2. The normalized spacial score (nSPS) is 11.8. The fourth-order valence-electron chi connectivity index (χ4n) is 2.48. The summed E-state index contributed by atoms with van der Waals surface area (Å²) in [5.41, 5.74) is 2.54. The van der Waals surface area contributed by atoms with Crippen molar-refractivity contribution in [2.24, 2.45) is 0 Å². The van der Waals surface area contributed by atoms with Gasteiger partial charge in [-0.1, -0.05) is 5.92 Å². The van der Waals surface area contributed by atoms with Gasteiger partial charge in [0.05, 0.1) is 12.1 Å². The van der Waals surface area contributed by atoms with Gasteiger partial charge in [0.2, 0.25) is 5.91 Å². The largest absolute Gasteiger partial charge is 0.493 e. The Kier molecular flexibility index (Phi) is 6.72. The van der Waals surface area contributed by atoms with Crippen molar-refractivity contribution in [1.29, 1.82) is 0 Å². The van der Waals surface area contributed by atoms with Crippen molar-refractivity contribution in [3.05, 3.63) is 35.5 Å². The van der Waals surface area contributed by atoms with Gasteiger partial charge in [-0.25, -0.2) is 4.39 Å². The molecule has 1 atom stereocenters. The highest BCUT2D eigenvalue weighted by molar-refractivity contribution is 5.84. The first-order valence-corrected chi connectivity index (χ1v) is 7.95. The predicted octanol–water partition coefficient (Wildman–Crippen LogP) is 2.39. The van der Waals surface area contributed by atoms with Crippen LogP contribution in [0.5, 0.6) is 5.75 Å². The van der Waals surface area contributed by atoms with Crippen molar-refractivity contribution in [3.63, 3.8) is 0 Å². The quantitative estimate of drug-likeness (QED) is 0.747. The third kappa shape index (κ3) is 4.91. The van der Waals surface area contributed by atoms with Gasteiger partial charge < -0.3 is 14.8 Å². The van der Waals surface area contributed by atoms with Crippen LogP contribution in [0.15, 0.2) is 24.4 Å². The van der Waals surface area contributed by atoms with E-state index < -0.39 is 12.8 Å². The summed E-state index contributed by atoms with van der Waals surface area (Å²) in [4.78, 5) is 16.2. The number of methoxy groups -OCH3 is 1. The maximum absolute atomic E-state index is 12.1. The molecule has 0 aliphatic rings. The molecule has 0 spiro atoms. The maximum atomic E-state index is 12.1. The third-order valence-electron chi connectivity index (χ3n) is 3.73. The van der Waals surface area contributed by atoms with Crippen LogP contribution in [0.3, 0.4) is 0 Å². The second kappa shape index (κ2) is 9.00. The Balaban J connectivity index is 2.02. The van der Waals surface area contributed by atoms with Crippen LogP contribution in [-0.4, -0.2) is 43.9 Å². The second-order valence-electron chi connectivity index (χ2n) is 5.52. The van der Waals surface area contributed by atoms with Gasteiger partial charge in [-0.3, -0.25) is 9.78 Å². The van der Waals surface area contributed by atoms with Crippen molar-refractivity contribution < 1.29 is 18.7 Å². The average Bonchev–Trinajstić information content (AvgIpc) is 2.62. The SMILES string of the molecule is C#Cc1cnc2c(C)cc(OCCC(OC)C(=O)NCCF)cc2c1. The maximum Gasteiger partial charge on any atom is 0.249 e. The standard InChI is InChI=1S/C19H21FN2O3/c1-4-14-10-15-11-16(9-13(2)18(15)22-12-14)25-8-5-17(24-3)19(23)21-7-6-20/h1,9-12,17H,5-8H2,2-3H3,(H,21,23). The number of hydrogen-bond acceptors (Lipinski definition) is 4. The first-order valence-electron chi connectivity index (χ1n) is 7.95. The minimum absolute atomic E-state index is 0.0199. The minimum atomic E-state index is -0.678. The van der Waals surface area contributed by atoms with Crippen molar-refractivity contribution in [1.82, 2.24) is 10.3 Å². The number of terminal acetylenes is 1. The van der Waals surface area contributed by atoms with Crippen molar-refractivity contribution in [3.8, 4) is 18.1 Å². The van der Waals surface area contributed by atoms with Gasteiger partial charge in [0.1, 0.15) is 18.5 Å². The smallest absolute Gasteiger partial charge is 0.249 e. The van der Waals surface area contributed by atoms with E-state index in [-0.39, 0.29) is 19.1 Å². The fourth-order valence-corrected chi connectivity index (χ4v) is 2.48. The molecule has 0 aliphatic carbocycles. The van der Waals surface area contributed by atoms with E-state index in [9.17, 15) is 9.18 Å². The Morgan fingerprint density at radius 2 is 2.24 bits per heavy atom. The van der Waals surface area contributed by atoms with Crippen LogP contribution in [-0.2, 0) is 9.53 Å². The van der Waals surface area contributed by atoms with Crippen LogP contribution >= 0.6 is 0 Å². The van der Waals surface area contributed by atoms with Crippen molar-refractivity contribution in [2.75, 3.05) is 26.9 Å². The molecule has 0 saturated carbocycles. The predicted molar refractivity (Wildman–Crippen MR) is 94.3 cm³/mol. The molecule has 1 aromatic heterocycles. The van der Waals surface area contributed by atoms with Gasteiger partial charge in [0.25, 0.3) is 0 Å². The monoisotopic (exact) mass is 344 g/mol. The molecule has 0 saturated heterocycles. The highest BCUT2D eigenvalue weighted by Crippen LogP contribution is 2.24. The van der Waals surface area contributed by atoms with Crippen LogP contribution in [0.25, 0.3) is 10.9 Å². The summed E-state index contributed by atoms with van der Waals surface area (Å²) in [6.07, 6.45) is 6.75. The van der Waals surface area contributed by atoms with Gasteiger partial charge in [-0.05, 0) is 30.7 Å². The number of aromatic nitrogens is 1. The molecule has 5 nitrogen and oxygen atoms in total. The zero-order valence-corrected chi connectivity index (χ0v) is 14.3. The van der Waals surface area contributed by atoms with Gasteiger partial charge in [-0.2, -0.15) is 0 Å². The highest BCUT2D eigenvalue weighted by atomic mass is 19.1. The third-order valence-corrected chi connectivity index (χ3v) is 3.73. The Morgan fingerprint density at radius 3 is 2.92 bits per heavy atom. The summed E-state index contributed by atoms with van der Waals surface area (Å²) in [7, 11) is 1.44. The molecule has 1 N–H and O–H groups in total. The lowest BCUT2D eigenvalue weighted by Crippen LogP contribution is -2.37. The van der Waals surface area contributed by atoms with E-state index in [0.717, 1.165) is 16.5 Å². The molecule has 1 unspecified atom stereocenters. The first-order chi connectivity index (χ1) is 12.1. The Morgan fingerprint density at radius 1 is 1.44 bits per heavy atom. The number of pyridine rings is 1. The summed E-state index contributed by atoms with van der Waals surface area (Å²) >= 11 is 0. The second-order valence-corrected chi connectivity index (χ2v) is 5.52. The molecule has 2 rings (SSSR count). The van der Waals surface area contributed by atoms with Gasteiger partial charge in [-0.15, -0.1) is 6.42 Å². The van der Waals surface area contributed by atoms with Crippen LogP contribution < -0.4 is 10.1 Å². The number of halogens is 1. The molecule has 0 aliphatic heterocycles. The van der Waals surface area contributed by atoms with Crippen LogP contribution in [0, 0.1) is 19.3 Å². The molecule has 0 fully saturated rings. The molecule has 2 aromatic rings. The molecule has 1 heterocycles. The molecule has 6 heteroatoms. The molecular formula is C19H21FN2O3. The Hall–Kier alpha value is -2.65. The van der Waals surface area contributed by atoms with E-state index in [0.29, 0.717) is 17.7 Å². The van der Waals surface area contributed by atoms with Gasteiger partial charge >= 0.3 is 0 Å². The summed E-state index contributed by atoms with van der Waals surface area (Å²) < 4.78 is 23.0. The van der Waals surface area contributed by atoms with E-state index in [4.69, 9.17) is 15.9 Å². The van der Waals surface area contributed by atoms with Crippen molar-refractivity contribution >= 4 is 16.8 Å². The molecule has 0 radical (unpaired) electrons. The lowest BCUT2D eigenvalue weighted by Gasteiger charge is -2.15. The lowest BCUT2D eigenvalue weighted by atomic mass is 10.1. The number of amides is 1. The average molecular weight is 344 g/mol. The first kappa shape index (κ1) is 18.7. The van der Waals surface area contributed by atoms with Gasteiger partial charge in [0, 0.05) is 37.2 Å². The van der Waals surface area contributed by atoms with Crippen molar-refractivity contribution in [2.45, 2.75) is 19.4 Å². The molecule has 1 aromatic carbocycles. The van der Waals surface area contributed by atoms with E-state index in [1.54, 1.807) is 6.20 Å². The van der Waals surface area contributed by atoms with E-state index in [2.05, 4.69) is 16.2 Å². The number of alkyl halides is 1. The number of nitrogens with zero attached hydrogens (tertiary/aromatic N) is 1. The summed E-state index contributed by atoms with van der Waals surface area (Å²) in [5.74, 6) is 2.88. The Labute approximate surface area is 146 Å². The number of ether oxygens (including phenoxy) is 2. The van der Waals surface area contributed by atoms with Crippen LogP contribution in [0.2, 0.25) is 0 Å². The number of nitrogens with one attached hydrogen (secondary N) is 1. The number of fused-ring (bicyclic) bond motifs is 1.